The van der Waals surface area contributed by atoms with Crippen molar-refractivity contribution >= 4 is 16.8 Å². The Kier molecular flexibility index (Phi) is 3.72. The smallest absolute Gasteiger partial charge is 0.270 e. The SMILES string of the molecule is CC(O)C1CCN(C(=O)c2cc3ccccc3n2C)CC1. The first kappa shape index (κ1) is 14.1. The number of amides is 1. The Bertz CT molecular complexity index is 652. The number of aliphatic hydroxyl groups excluding tert-OH is 1. The van der Waals surface area contributed by atoms with Crippen LogP contribution in [0.4, 0.5) is 0 Å². The van der Waals surface area contributed by atoms with Crippen molar-refractivity contribution < 1.29 is 9.90 Å². The monoisotopic (exact) mass is 286 g/mol. The number of para-hydroxylation sites is 1. The summed E-state index contributed by atoms with van der Waals surface area (Å²) >= 11 is 0. The van der Waals surface area contributed by atoms with Gasteiger partial charge in [-0.2, -0.15) is 0 Å². The van der Waals surface area contributed by atoms with Gasteiger partial charge in [0.15, 0.2) is 0 Å². The van der Waals surface area contributed by atoms with Crippen molar-refractivity contribution in [1.82, 2.24) is 9.47 Å². The van der Waals surface area contributed by atoms with Gasteiger partial charge in [-0.3, -0.25) is 4.79 Å². The molecule has 0 saturated carbocycles. The van der Waals surface area contributed by atoms with E-state index in [2.05, 4.69) is 0 Å². The van der Waals surface area contributed by atoms with Crippen LogP contribution in [0.1, 0.15) is 30.3 Å². The number of rotatable bonds is 2. The summed E-state index contributed by atoms with van der Waals surface area (Å²) in [7, 11) is 1.94. The number of fused-ring (bicyclic) bond motifs is 1. The van der Waals surface area contributed by atoms with Crippen LogP contribution in [-0.2, 0) is 7.05 Å². The summed E-state index contributed by atoms with van der Waals surface area (Å²) in [6, 6.07) is 10.0. The van der Waals surface area contributed by atoms with Crippen LogP contribution in [0.5, 0.6) is 0 Å². The van der Waals surface area contributed by atoms with Gasteiger partial charge in [0.05, 0.1) is 6.10 Å². The van der Waals surface area contributed by atoms with Gasteiger partial charge < -0.3 is 14.6 Å². The fourth-order valence-corrected chi connectivity index (χ4v) is 3.24. The van der Waals surface area contributed by atoms with Gasteiger partial charge in [0.25, 0.3) is 5.91 Å². The topological polar surface area (TPSA) is 45.5 Å². The van der Waals surface area contributed by atoms with Crippen molar-refractivity contribution in [1.29, 1.82) is 0 Å². The molecule has 0 radical (unpaired) electrons. The molecule has 1 aromatic carbocycles. The van der Waals surface area contributed by atoms with E-state index in [1.54, 1.807) is 0 Å². The standard InChI is InChI=1S/C17H22N2O2/c1-12(20)13-7-9-19(10-8-13)17(21)16-11-14-5-3-4-6-15(14)18(16)2/h3-6,11-13,20H,7-10H2,1-2H3. The van der Waals surface area contributed by atoms with Gasteiger partial charge in [-0.1, -0.05) is 18.2 Å². The highest BCUT2D eigenvalue weighted by atomic mass is 16.3. The van der Waals surface area contributed by atoms with Gasteiger partial charge in [-0.25, -0.2) is 0 Å². The second kappa shape index (κ2) is 5.53. The number of hydrogen-bond donors (Lipinski definition) is 1. The molecular weight excluding hydrogens is 264 g/mol. The second-order valence-corrected chi connectivity index (χ2v) is 6.02. The Morgan fingerprint density at radius 1 is 1.29 bits per heavy atom. The predicted octanol–water partition coefficient (Wildman–Crippen LogP) is 2.41. The van der Waals surface area contributed by atoms with E-state index in [4.69, 9.17) is 0 Å². The Hall–Kier alpha value is -1.81. The average Bonchev–Trinajstić information content (AvgIpc) is 2.84. The Labute approximate surface area is 125 Å². The first-order valence-corrected chi connectivity index (χ1v) is 7.59. The largest absolute Gasteiger partial charge is 0.393 e. The van der Waals surface area contributed by atoms with E-state index in [0.29, 0.717) is 5.92 Å². The van der Waals surface area contributed by atoms with Gasteiger partial charge in [-0.05, 0) is 37.8 Å². The van der Waals surface area contributed by atoms with Crippen molar-refractivity contribution in [3.8, 4) is 0 Å². The van der Waals surface area contributed by atoms with Crippen LogP contribution < -0.4 is 0 Å². The Balaban J connectivity index is 1.80. The van der Waals surface area contributed by atoms with Crippen molar-refractivity contribution in [2.75, 3.05) is 13.1 Å². The molecule has 4 heteroatoms. The quantitative estimate of drug-likeness (QED) is 0.921. The van der Waals surface area contributed by atoms with Crippen LogP contribution in [0.25, 0.3) is 10.9 Å². The molecule has 0 spiro atoms. The van der Waals surface area contributed by atoms with Crippen molar-refractivity contribution in [2.24, 2.45) is 13.0 Å². The molecule has 0 aliphatic carbocycles. The average molecular weight is 286 g/mol. The Morgan fingerprint density at radius 3 is 2.57 bits per heavy atom. The fraction of sp³-hybridized carbons (Fsp3) is 0.471. The minimum Gasteiger partial charge on any atom is -0.393 e. The molecule has 1 aliphatic heterocycles. The van der Waals surface area contributed by atoms with Crippen LogP contribution >= 0.6 is 0 Å². The third kappa shape index (κ3) is 2.56. The highest BCUT2D eigenvalue weighted by Gasteiger charge is 2.27. The molecule has 1 aromatic heterocycles. The number of aryl methyl sites for hydroxylation is 1. The van der Waals surface area contributed by atoms with Crippen LogP contribution in [0.3, 0.4) is 0 Å². The van der Waals surface area contributed by atoms with Crippen molar-refractivity contribution in [3.05, 3.63) is 36.0 Å². The molecule has 2 aromatic rings. The predicted molar refractivity (Wildman–Crippen MR) is 83.2 cm³/mol. The highest BCUT2D eigenvalue weighted by molar-refractivity contribution is 5.98. The number of benzene rings is 1. The molecule has 1 N–H and O–H groups in total. The first-order valence-electron chi connectivity index (χ1n) is 7.59. The molecule has 112 valence electrons. The number of carbonyl (C=O) groups is 1. The molecule has 2 heterocycles. The second-order valence-electron chi connectivity index (χ2n) is 6.02. The Morgan fingerprint density at radius 2 is 1.95 bits per heavy atom. The number of nitrogens with zero attached hydrogens (tertiary/aromatic N) is 2. The summed E-state index contributed by atoms with van der Waals surface area (Å²) in [4.78, 5) is 14.6. The molecule has 1 aliphatic rings. The van der Waals surface area contributed by atoms with Gasteiger partial charge in [-0.15, -0.1) is 0 Å². The summed E-state index contributed by atoms with van der Waals surface area (Å²) < 4.78 is 1.97. The summed E-state index contributed by atoms with van der Waals surface area (Å²) in [5, 5.41) is 10.8. The number of carbonyl (C=O) groups excluding carboxylic acids is 1. The van der Waals surface area contributed by atoms with Crippen molar-refractivity contribution in [3.63, 3.8) is 0 Å². The molecule has 3 rings (SSSR count). The molecule has 1 fully saturated rings. The van der Waals surface area contributed by atoms with E-state index < -0.39 is 0 Å². The summed E-state index contributed by atoms with van der Waals surface area (Å²) in [6.07, 6.45) is 1.49. The maximum atomic E-state index is 12.7. The van der Waals surface area contributed by atoms with Gasteiger partial charge in [0, 0.05) is 31.0 Å². The molecule has 1 unspecified atom stereocenters. The number of piperidine rings is 1. The number of likely N-dealkylation sites (tertiary alicyclic amines) is 1. The van der Waals surface area contributed by atoms with Crippen LogP contribution in [0, 0.1) is 5.92 Å². The van der Waals surface area contributed by atoms with Gasteiger partial charge >= 0.3 is 0 Å². The summed E-state index contributed by atoms with van der Waals surface area (Å²) in [5.41, 5.74) is 1.83. The fourth-order valence-electron chi connectivity index (χ4n) is 3.24. The van der Waals surface area contributed by atoms with E-state index in [0.717, 1.165) is 42.5 Å². The van der Waals surface area contributed by atoms with E-state index in [9.17, 15) is 9.90 Å². The number of aliphatic hydroxyl groups is 1. The molecule has 21 heavy (non-hydrogen) atoms. The van der Waals surface area contributed by atoms with Crippen LogP contribution in [0.2, 0.25) is 0 Å². The van der Waals surface area contributed by atoms with E-state index in [-0.39, 0.29) is 12.0 Å². The lowest BCUT2D eigenvalue weighted by Crippen LogP contribution is -2.41. The lowest BCUT2D eigenvalue weighted by atomic mass is 9.92. The molecule has 1 saturated heterocycles. The maximum Gasteiger partial charge on any atom is 0.270 e. The molecule has 1 amide bonds. The zero-order chi connectivity index (χ0) is 15.0. The number of aromatic nitrogens is 1. The summed E-state index contributed by atoms with van der Waals surface area (Å²) in [5.74, 6) is 0.416. The minimum atomic E-state index is -0.278. The van der Waals surface area contributed by atoms with Gasteiger partial charge in [0.2, 0.25) is 0 Å². The molecule has 1 atom stereocenters. The third-order valence-corrected chi connectivity index (χ3v) is 4.68. The number of hydrogen-bond acceptors (Lipinski definition) is 2. The highest BCUT2D eigenvalue weighted by Crippen LogP contribution is 2.24. The van der Waals surface area contributed by atoms with Crippen LogP contribution in [-0.4, -0.2) is 39.7 Å². The zero-order valence-electron chi connectivity index (χ0n) is 12.6. The lowest BCUT2D eigenvalue weighted by Gasteiger charge is -2.33. The molecular formula is C17H22N2O2. The van der Waals surface area contributed by atoms with Gasteiger partial charge in [0.1, 0.15) is 5.69 Å². The lowest BCUT2D eigenvalue weighted by molar-refractivity contribution is 0.0514. The van der Waals surface area contributed by atoms with E-state index in [1.807, 2.05) is 53.8 Å². The van der Waals surface area contributed by atoms with E-state index >= 15 is 0 Å². The van der Waals surface area contributed by atoms with Crippen LogP contribution in [0.15, 0.2) is 30.3 Å². The van der Waals surface area contributed by atoms with Crippen molar-refractivity contribution in [2.45, 2.75) is 25.9 Å². The summed E-state index contributed by atoms with van der Waals surface area (Å²) in [6.45, 7) is 3.30. The maximum absolute atomic E-state index is 12.7. The molecule has 0 bridgehead atoms. The zero-order valence-corrected chi connectivity index (χ0v) is 12.6. The third-order valence-electron chi connectivity index (χ3n) is 4.68. The van der Waals surface area contributed by atoms with E-state index in [1.165, 1.54) is 0 Å². The minimum absolute atomic E-state index is 0.0951. The molecule has 4 nitrogen and oxygen atoms in total. The first-order chi connectivity index (χ1) is 10.1. The normalized spacial score (nSPS) is 18.1.